The fraction of sp³-hybridized carbons (Fsp3) is 0.579. The van der Waals surface area contributed by atoms with Gasteiger partial charge in [-0.05, 0) is 36.6 Å². The number of likely N-dealkylation sites (N-methyl/N-ethyl adjacent to an activating group) is 1. The first-order valence-corrected chi connectivity index (χ1v) is 10.8. The zero-order valence-corrected chi connectivity index (χ0v) is 18.4. The average molecular weight is 430 g/mol. The Labute approximate surface area is 172 Å². The summed E-state index contributed by atoms with van der Waals surface area (Å²) >= 11 is 0. The van der Waals surface area contributed by atoms with E-state index >= 15 is 0 Å². The highest BCUT2D eigenvalue weighted by molar-refractivity contribution is 7.89. The van der Waals surface area contributed by atoms with Crippen LogP contribution in [0.5, 0.6) is 5.75 Å². The minimum Gasteiger partial charge on any atom is -0.497 e. The molecule has 0 heterocycles. The van der Waals surface area contributed by atoms with Crippen molar-refractivity contribution in [3.63, 3.8) is 0 Å². The van der Waals surface area contributed by atoms with Gasteiger partial charge >= 0.3 is 0 Å². The fourth-order valence-corrected chi connectivity index (χ4v) is 3.83. The number of carbonyl (C=O) groups excluding carboxylic acids is 2. The molecule has 1 rings (SSSR count). The van der Waals surface area contributed by atoms with Crippen molar-refractivity contribution >= 4 is 21.8 Å². The van der Waals surface area contributed by atoms with Gasteiger partial charge in [0.15, 0.2) is 0 Å². The van der Waals surface area contributed by atoms with Crippen LogP contribution in [0.15, 0.2) is 29.2 Å². The number of rotatable bonds is 12. The highest BCUT2D eigenvalue weighted by Gasteiger charge is 2.31. The SMILES string of the molecule is COCCCNC(=O)CN(C)C(=O)[C@@H](NS(=O)(=O)c1ccc(OC)cc1)C(C)C. The van der Waals surface area contributed by atoms with E-state index in [0.29, 0.717) is 25.3 Å². The summed E-state index contributed by atoms with van der Waals surface area (Å²) in [6, 6.07) is 4.86. The molecule has 2 amide bonds. The van der Waals surface area contributed by atoms with E-state index < -0.39 is 22.0 Å². The first-order valence-electron chi connectivity index (χ1n) is 9.29. The number of amides is 2. The van der Waals surface area contributed by atoms with Crippen LogP contribution >= 0.6 is 0 Å². The molecular weight excluding hydrogens is 398 g/mol. The maximum atomic E-state index is 12.8. The normalized spacial score (nSPS) is 12.5. The third-order valence-electron chi connectivity index (χ3n) is 4.19. The Hall–Kier alpha value is -2.17. The molecule has 0 spiro atoms. The van der Waals surface area contributed by atoms with E-state index in [-0.39, 0.29) is 23.3 Å². The molecule has 0 radical (unpaired) electrons. The molecule has 0 saturated heterocycles. The summed E-state index contributed by atoms with van der Waals surface area (Å²) < 4.78 is 37.8. The molecule has 9 nitrogen and oxygen atoms in total. The average Bonchev–Trinajstić information content (AvgIpc) is 2.68. The second kappa shape index (κ2) is 11.7. The molecule has 29 heavy (non-hydrogen) atoms. The van der Waals surface area contributed by atoms with Crippen LogP contribution in [-0.2, 0) is 24.3 Å². The Morgan fingerprint density at radius 3 is 2.28 bits per heavy atom. The number of benzene rings is 1. The summed E-state index contributed by atoms with van der Waals surface area (Å²) in [5, 5.41) is 2.69. The molecule has 0 unspecified atom stereocenters. The summed E-state index contributed by atoms with van der Waals surface area (Å²) in [7, 11) is 0.604. The lowest BCUT2D eigenvalue weighted by atomic mass is 10.0. The number of ether oxygens (including phenoxy) is 2. The zero-order valence-electron chi connectivity index (χ0n) is 17.6. The Balaban J connectivity index is 2.79. The van der Waals surface area contributed by atoms with Crippen LogP contribution in [0.4, 0.5) is 0 Å². The van der Waals surface area contributed by atoms with E-state index in [4.69, 9.17) is 9.47 Å². The number of nitrogens with one attached hydrogen (secondary N) is 2. The van der Waals surface area contributed by atoms with Crippen LogP contribution in [0.1, 0.15) is 20.3 Å². The molecule has 0 saturated carbocycles. The van der Waals surface area contributed by atoms with Gasteiger partial charge in [-0.1, -0.05) is 13.8 Å². The molecule has 1 aromatic carbocycles. The van der Waals surface area contributed by atoms with Crippen LogP contribution in [0, 0.1) is 5.92 Å². The molecule has 2 N–H and O–H groups in total. The van der Waals surface area contributed by atoms with E-state index in [0.717, 1.165) is 0 Å². The Morgan fingerprint density at radius 2 is 1.76 bits per heavy atom. The van der Waals surface area contributed by atoms with Gasteiger partial charge in [0.05, 0.1) is 18.6 Å². The summed E-state index contributed by atoms with van der Waals surface area (Å²) in [4.78, 5) is 26.0. The second-order valence-electron chi connectivity index (χ2n) is 6.91. The van der Waals surface area contributed by atoms with Gasteiger partial charge in [-0.3, -0.25) is 9.59 Å². The van der Waals surface area contributed by atoms with Gasteiger partial charge < -0.3 is 19.7 Å². The Kier molecular flexibility index (Phi) is 10.1. The van der Waals surface area contributed by atoms with E-state index in [1.807, 2.05) is 0 Å². The van der Waals surface area contributed by atoms with Crippen molar-refractivity contribution in [2.75, 3.05) is 41.0 Å². The lowest BCUT2D eigenvalue weighted by Gasteiger charge is -2.26. The predicted molar refractivity (Wildman–Crippen MR) is 109 cm³/mol. The van der Waals surface area contributed by atoms with Crippen molar-refractivity contribution in [1.82, 2.24) is 14.9 Å². The van der Waals surface area contributed by atoms with Crippen LogP contribution < -0.4 is 14.8 Å². The molecule has 1 aromatic rings. The van der Waals surface area contributed by atoms with Gasteiger partial charge in [-0.2, -0.15) is 4.72 Å². The smallest absolute Gasteiger partial charge is 0.241 e. The molecule has 0 fully saturated rings. The molecular formula is C19H31N3O6S. The third-order valence-corrected chi connectivity index (χ3v) is 5.65. The number of hydrogen-bond donors (Lipinski definition) is 2. The molecule has 0 aromatic heterocycles. The second-order valence-corrected chi connectivity index (χ2v) is 8.62. The number of nitrogens with zero attached hydrogens (tertiary/aromatic N) is 1. The van der Waals surface area contributed by atoms with Crippen LogP contribution in [0.2, 0.25) is 0 Å². The van der Waals surface area contributed by atoms with Crippen LogP contribution in [-0.4, -0.2) is 72.1 Å². The van der Waals surface area contributed by atoms with E-state index in [2.05, 4.69) is 10.0 Å². The molecule has 1 atom stereocenters. The van der Waals surface area contributed by atoms with Gasteiger partial charge in [0.2, 0.25) is 21.8 Å². The molecule has 0 aliphatic carbocycles. The van der Waals surface area contributed by atoms with Crippen LogP contribution in [0.25, 0.3) is 0 Å². The monoisotopic (exact) mass is 429 g/mol. The first kappa shape index (κ1) is 24.9. The number of methoxy groups -OCH3 is 2. The molecule has 0 aliphatic heterocycles. The van der Waals surface area contributed by atoms with Gasteiger partial charge in [0.1, 0.15) is 11.8 Å². The van der Waals surface area contributed by atoms with Crippen molar-refractivity contribution < 1.29 is 27.5 Å². The highest BCUT2D eigenvalue weighted by Crippen LogP contribution is 2.17. The lowest BCUT2D eigenvalue weighted by molar-refractivity contribution is -0.136. The quantitative estimate of drug-likeness (QED) is 0.471. The molecule has 0 bridgehead atoms. The zero-order chi connectivity index (χ0) is 22.0. The molecule has 0 aliphatic rings. The summed E-state index contributed by atoms with van der Waals surface area (Å²) in [5.74, 6) is -0.596. The largest absolute Gasteiger partial charge is 0.497 e. The van der Waals surface area contributed by atoms with Gasteiger partial charge in [-0.15, -0.1) is 0 Å². The topological polar surface area (TPSA) is 114 Å². The maximum Gasteiger partial charge on any atom is 0.241 e. The Bertz CT molecular complexity index is 765. The summed E-state index contributed by atoms with van der Waals surface area (Å²) in [6.45, 7) is 4.26. The summed E-state index contributed by atoms with van der Waals surface area (Å²) in [5.41, 5.74) is 0. The lowest BCUT2D eigenvalue weighted by Crippen LogP contribution is -2.51. The predicted octanol–water partition coefficient (Wildman–Crippen LogP) is 0.609. The number of carbonyl (C=O) groups is 2. The Morgan fingerprint density at radius 1 is 1.14 bits per heavy atom. The van der Waals surface area contributed by atoms with Crippen LogP contribution in [0.3, 0.4) is 0 Å². The summed E-state index contributed by atoms with van der Waals surface area (Å²) in [6.07, 6.45) is 0.663. The van der Waals surface area contributed by atoms with Gasteiger partial charge in [0.25, 0.3) is 0 Å². The van der Waals surface area contributed by atoms with E-state index in [1.165, 1.54) is 43.3 Å². The van der Waals surface area contributed by atoms with E-state index in [1.54, 1.807) is 21.0 Å². The molecule has 164 valence electrons. The van der Waals surface area contributed by atoms with Crippen molar-refractivity contribution in [2.24, 2.45) is 5.92 Å². The maximum absolute atomic E-state index is 12.8. The minimum atomic E-state index is -3.92. The first-order chi connectivity index (χ1) is 13.6. The fourth-order valence-electron chi connectivity index (χ4n) is 2.49. The van der Waals surface area contributed by atoms with Crippen molar-refractivity contribution in [3.8, 4) is 5.75 Å². The van der Waals surface area contributed by atoms with E-state index in [9.17, 15) is 18.0 Å². The number of sulfonamides is 1. The van der Waals surface area contributed by atoms with Crippen molar-refractivity contribution in [1.29, 1.82) is 0 Å². The highest BCUT2D eigenvalue weighted by atomic mass is 32.2. The van der Waals surface area contributed by atoms with Gasteiger partial charge in [-0.25, -0.2) is 8.42 Å². The standard InChI is InChI=1S/C19H31N3O6S/c1-14(2)18(19(24)22(3)13-17(23)20-11-6-12-27-4)21-29(25,26)16-9-7-15(28-5)8-10-16/h7-10,14,18,21H,6,11-13H2,1-5H3,(H,20,23)/t18-/m0/s1. The molecule has 10 heteroatoms. The minimum absolute atomic E-state index is 0.0234. The van der Waals surface area contributed by atoms with Crippen molar-refractivity contribution in [3.05, 3.63) is 24.3 Å². The van der Waals surface area contributed by atoms with Gasteiger partial charge in [0, 0.05) is 27.3 Å². The van der Waals surface area contributed by atoms with Crippen molar-refractivity contribution in [2.45, 2.75) is 31.2 Å². The number of hydrogen-bond acceptors (Lipinski definition) is 6. The third kappa shape index (κ3) is 8.00.